The minimum Gasteiger partial charge on any atom is -0.494 e. The molecule has 2 saturated carbocycles. The first-order valence-electron chi connectivity index (χ1n) is 12.8. The summed E-state index contributed by atoms with van der Waals surface area (Å²) >= 11 is 0. The van der Waals surface area contributed by atoms with Gasteiger partial charge in [-0.15, -0.1) is 0 Å². The molecule has 0 aromatic carbocycles. The standard InChI is InChI=1S/C28H44O3/c1-17(2)18(3)7-8-19(4)22-10-11-23-24-12-9-20-15-21(29)13-14-27(20,5)26(31-24)16-25(30)28(22,23)6/h7-8,12,17-23,26,29H,9-11,13-16H2,1-6H3. The fraction of sp³-hybridized carbons (Fsp3) is 0.821. The Labute approximate surface area is 189 Å². The summed E-state index contributed by atoms with van der Waals surface area (Å²) in [5, 5.41) is 10.3. The molecule has 4 aliphatic rings. The molecule has 9 atom stereocenters. The van der Waals surface area contributed by atoms with Crippen LogP contribution in [0.1, 0.15) is 86.5 Å². The maximum absolute atomic E-state index is 13.9. The number of ketones is 1. The zero-order valence-corrected chi connectivity index (χ0v) is 20.6. The van der Waals surface area contributed by atoms with Crippen molar-refractivity contribution >= 4 is 5.78 Å². The lowest BCUT2D eigenvalue weighted by molar-refractivity contribution is -0.135. The molecule has 3 fully saturated rings. The molecule has 1 saturated heterocycles. The Kier molecular flexibility index (Phi) is 6.22. The topological polar surface area (TPSA) is 46.5 Å². The van der Waals surface area contributed by atoms with Crippen LogP contribution in [0.4, 0.5) is 0 Å². The number of Topliss-reactive ketones (excluding diaryl/α,β-unsaturated/α-hetero) is 1. The Balaban J connectivity index is 1.63. The van der Waals surface area contributed by atoms with Crippen LogP contribution in [0.2, 0.25) is 0 Å². The van der Waals surface area contributed by atoms with Crippen LogP contribution in [-0.4, -0.2) is 23.1 Å². The van der Waals surface area contributed by atoms with Gasteiger partial charge in [0.05, 0.1) is 11.9 Å². The van der Waals surface area contributed by atoms with Gasteiger partial charge in [0.15, 0.2) is 0 Å². The number of hydrogen-bond acceptors (Lipinski definition) is 3. The number of allylic oxidation sites excluding steroid dienone is 4. The van der Waals surface area contributed by atoms with Crippen LogP contribution in [0, 0.1) is 46.3 Å². The van der Waals surface area contributed by atoms with Crippen LogP contribution in [0.15, 0.2) is 24.0 Å². The lowest BCUT2D eigenvalue weighted by atomic mass is 9.59. The van der Waals surface area contributed by atoms with E-state index in [0.29, 0.717) is 41.8 Å². The quantitative estimate of drug-likeness (QED) is 0.533. The van der Waals surface area contributed by atoms with Gasteiger partial charge in [-0.3, -0.25) is 4.79 Å². The minimum atomic E-state index is -0.331. The zero-order valence-electron chi connectivity index (χ0n) is 20.6. The summed E-state index contributed by atoms with van der Waals surface area (Å²) in [7, 11) is 0. The van der Waals surface area contributed by atoms with Gasteiger partial charge in [-0.05, 0) is 74.2 Å². The summed E-state index contributed by atoms with van der Waals surface area (Å²) < 4.78 is 6.73. The van der Waals surface area contributed by atoms with Crippen LogP contribution >= 0.6 is 0 Å². The minimum absolute atomic E-state index is 0.0180. The molecular weight excluding hydrogens is 384 g/mol. The number of carbonyl (C=O) groups excluding carboxylic acids is 1. The molecule has 9 unspecified atom stereocenters. The normalized spacial score (nSPS) is 44.7. The van der Waals surface area contributed by atoms with E-state index in [9.17, 15) is 9.90 Å². The summed E-state index contributed by atoms with van der Waals surface area (Å²) in [6.07, 6.45) is 13.1. The van der Waals surface area contributed by atoms with Crippen molar-refractivity contribution in [2.45, 2.75) is 98.7 Å². The molecule has 0 radical (unpaired) electrons. The summed E-state index contributed by atoms with van der Waals surface area (Å²) in [5.74, 6) is 4.10. The highest BCUT2D eigenvalue weighted by Gasteiger charge is 2.59. The highest BCUT2D eigenvalue weighted by molar-refractivity contribution is 5.87. The van der Waals surface area contributed by atoms with E-state index in [1.54, 1.807) is 0 Å². The van der Waals surface area contributed by atoms with E-state index in [2.05, 4.69) is 59.8 Å². The number of fused-ring (bicyclic) bond motifs is 6. The Morgan fingerprint density at radius 1 is 1.13 bits per heavy atom. The Morgan fingerprint density at radius 2 is 1.87 bits per heavy atom. The van der Waals surface area contributed by atoms with Gasteiger partial charge in [0, 0.05) is 23.2 Å². The molecule has 31 heavy (non-hydrogen) atoms. The molecule has 0 aromatic rings. The summed E-state index contributed by atoms with van der Waals surface area (Å²) in [6.45, 7) is 13.7. The molecule has 3 heteroatoms. The van der Waals surface area contributed by atoms with Gasteiger partial charge in [-0.2, -0.15) is 0 Å². The fourth-order valence-corrected chi connectivity index (χ4v) is 7.24. The molecule has 3 nitrogen and oxygen atoms in total. The molecule has 2 bridgehead atoms. The number of carbonyl (C=O) groups is 1. The third kappa shape index (κ3) is 3.83. The van der Waals surface area contributed by atoms with Gasteiger partial charge in [0.2, 0.25) is 0 Å². The predicted octanol–water partition coefficient (Wildman–Crippen LogP) is 6.32. The molecular formula is C28H44O3. The second-order valence-electron chi connectivity index (χ2n) is 12.1. The highest BCUT2D eigenvalue weighted by Crippen LogP contribution is 2.60. The highest BCUT2D eigenvalue weighted by atomic mass is 16.5. The van der Waals surface area contributed by atoms with Crippen molar-refractivity contribution in [2.24, 2.45) is 46.3 Å². The molecule has 0 aromatic heterocycles. The number of aliphatic hydroxyl groups is 1. The molecule has 174 valence electrons. The van der Waals surface area contributed by atoms with E-state index in [-0.39, 0.29) is 29.0 Å². The Bertz CT molecular complexity index is 751. The molecule has 1 N–H and O–H groups in total. The monoisotopic (exact) mass is 428 g/mol. The Hall–Kier alpha value is -1.09. The van der Waals surface area contributed by atoms with Crippen LogP contribution in [-0.2, 0) is 9.53 Å². The van der Waals surface area contributed by atoms with Gasteiger partial charge in [0.25, 0.3) is 0 Å². The second kappa shape index (κ2) is 8.36. The summed E-state index contributed by atoms with van der Waals surface area (Å²) in [5.41, 5.74) is -0.349. The van der Waals surface area contributed by atoms with Crippen LogP contribution in [0.25, 0.3) is 0 Å². The molecule has 0 spiro atoms. The van der Waals surface area contributed by atoms with Gasteiger partial charge in [-0.1, -0.05) is 53.7 Å². The van der Waals surface area contributed by atoms with E-state index in [0.717, 1.165) is 44.3 Å². The van der Waals surface area contributed by atoms with Crippen LogP contribution < -0.4 is 0 Å². The third-order valence-corrected chi connectivity index (χ3v) is 10.1. The number of hydrogen-bond donors (Lipinski definition) is 1. The first-order valence-corrected chi connectivity index (χ1v) is 12.8. The van der Waals surface area contributed by atoms with Gasteiger partial charge < -0.3 is 9.84 Å². The molecule has 0 amide bonds. The first kappa shape index (κ1) is 23.1. The average molecular weight is 429 g/mol. The second-order valence-corrected chi connectivity index (χ2v) is 12.1. The Morgan fingerprint density at radius 3 is 2.58 bits per heavy atom. The van der Waals surface area contributed by atoms with Crippen molar-refractivity contribution in [3.63, 3.8) is 0 Å². The maximum Gasteiger partial charge on any atom is 0.143 e. The first-order chi connectivity index (χ1) is 14.6. The van der Waals surface area contributed by atoms with E-state index in [1.165, 1.54) is 0 Å². The largest absolute Gasteiger partial charge is 0.494 e. The maximum atomic E-state index is 13.9. The molecule has 2 aliphatic heterocycles. The molecule has 4 rings (SSSR count). The number of aliphatic hydroxyl groups excluding tert-OH is 1. The summed E-state index contributed by atoms with van der Waals surface area (Å²) in [4.78, 5) is 13.9. The SMILES string of the molecule is CC(C)C(C)C=CC(C)C1CCC2C3=CCC4CC(O)CCC4(C)C(CC(=O)C21C)O3. The predicted molar refractivity (Wildman–Crippen MR) is 125 cm³/mol. The average Bonchev–Trinajstić information content (AvgIpc) is 2.96. The lowest BCUT2D eigenvalue weighted by Crippen LogP contribution is -2.46. The smallest absolute Gasteiger partial charge is 0.143 e. The fourth-order valence-electron chi connectivity index (χ4n) is 7.24. The van der Waals surface area contributed by atoms with Gasteiger partial charge in [-0.25, -0.2) is 0 Å². The van der Waals surface area contributed by atoms with Crippen molar-refractivity contribution in [2.75, 3.05) is 0 Å². The zero-order chi connectivity index (χ0) is 22.6. The van der Waals surface area contributed by atoms with Crippen molar-refractivity contribution < 1.29 is 14.6 Å². The molecule has 2 heterocycles. The van der Waals surface area contributed by atoms with Gasteiger partial charge >= 0.3 is 0 Å². The number of rotatable bonds is 4. The van der Waals surface area contributed by atoms with Crippen molar-refractivity contribution in [1.82, 2.24) is 0 Å². The van der Waals surface area contributed by atoms with E-state index in [4.69, 9.17) is 4.74 Å². The molecule has 2 aliphatic carbocycles. The van der Waals surface area contributed by atoms with Gasteiger partial charge in [0.1, 0.15) is 11.9 Å². The summed E-state index contributed by atoms with van der Waals surface area (Å²) in [6, 6.07) is 0. The van der Waals surface area contributed by atoms with E-state index in [1.807, 2.05) is 0 Å². The van der Waals surface area contributed by atoms with E-state index < -0.39 is 0 Å². The van der Waals surface area contributed by atoms with Crippen molar-refractivity contribution in [3.05, 3.63) is 24.0 Å². The lowest BCUT2D eigenvalue weighted by Gasteiger charge is -2.46. The van der Waals surface area contributed by atoms with Crippen LogP contribution in [0.3, 0.4) is 0 Å². The third-order valence-electron chi connectivity index (χ3n) is 10.1. The van der Waals surface area contributed by atoms with Crippen LogP contribution in [0.5, 0.6) is 0 Å². The van der Waals surface area contributed by atoms with Crippen molar-refractivity contribution in [3.8, 4) is 0 Å². The number of ether oxygens (including phenoxy) is 1. The van der Waals surface area contributed by atoms with Crippen molar-refractivity contribution in [1.29, 1.82) is 0 Å². The van der Waals surface area contributed by atoms with E-state index >= 15 is 0 Å².